The molecule has 0 saturated heterocycles. The summed E-state index contributed by atoms with van der Waals surface area (Å²) in [7, 11) is 0. The number of unbranched alkanes of at least 4 members (excludes halogenated alkanes) is 2. The second-order valence-corrected chi connectivity index (χ2v) is 4.82. The first-order chi connectivity index (χ1) is 9.20. The van der Waals surface area contributed by atoms with Gasteiger partial charge in [-0.3, -0.25) is 0 Å². The highest BCUT2D eigenvalue weighted by molar-refractivity contribution is 5.65. The molecule has 0 bridgehead atoms. The van der Waals surface area contributed by atoms with Gasteiger partial charge in [0.25, 0.3) is 0 Å². The van der Waals surface area contributed by atoms with Gasteiger partial charge in [-0.15, -0.1) is 0 Å². The van der Waals surface area contributed by atoms with E-state index in [1.54, 1.807) is 30.3 Å². The summed E-state index contributed by atoms with van der Waals surface area (Å²) in [5, 5.41) is 9.24. The third-order valence-electron chi connectivity index (χ3n) is 3.28. The molecular formula is C17H19FO. The molecule has 2 rings (SSSR count). The van der Waals surface area contributed by atoms with E-state index >= 15 is 0 Å². The highest BCUT2D eigenvalue weighted by Gasteiger charge is 2.06. The Bertz CT molecular complexity index is 531. The minimum atomic E-state index is -0.195. The van der Waals surface area contributed by atoms with Gasteiger partial charge in [0.15, 0.2) is 0 Å². The van der Waals surface area contributed by atoms with Crippen molar-refractivity contribution in [2.24, 2.45) is 0 Å². The summed E-state index contributed by atoms with van der Waals surface area (Å²) in [4.78, 5) is 0. The molecule has 1 nitrogen and oxygen atoms in total. The number of aryl methyl sites for hydroxylation is 1. The van der Waals surface area contributed by atoms with Crippen molar-refractivity contribution >= 4 is 0 Å². The van der Waals surface area contributed by atoms with Crippen molar-refractivity contribution in [1.29, 1.82) is 0 Å². The maximum absolute atomic E-state index is 14.1. The van der Waals surface area contributed by atoms with Crippen LogP contribution in [0.1, 0.15) is 31.7 Å². The zero-order valence-corrected chi connectivity index (χ0v) is 11.2. The lowest BCUT2D eigenvalue weighted by Crippen LogP contribution is -1.90. The van der Waals surface area contributed by atoms with E-state index < -0.39 is 0 Å². The Morgan fingerprint density at radius 1 is 1.00 bits per heavy atom. The third kappa shape index (κ3) is 3.57. The van der Waals surface area contributed by atoms with Crippen molar-refractivity contribution < 1.29 is 9.50 Å². The van der Waals surface area contributed by atoms with Gasteiger partial charge in [0.2, 0.25) is 0 Å². The van der Waals surface area contributed by atoms with Crippen LogP contribution in [0.2, 0.25) is 0 Å². The molecule has 0 radical (unpaired) electrons. The molecule has 0 heterocycles. The Hall–Kier alpha value is -1.83. The summed E-state index contributed by atoms with van der Waals surface area (Å²) >= 11 is 0. The largest absolute Gasteiger partial charge is 0.508 e. The molecule has 0 atom stereocenters. The van der Waals surface area contributed by atoms with Gasteiger partial charge in [-0.05, 0) is 42.2 Å². The molecule has 100 valence electrons. The van der Waals surface area contributed by atoms with Crippen LogP contribution in [0.25, 0.3) is 11.1 Å². The minimum Gasteiger partial charge on any atom is -0.508 e. The average Bonchev–Trinajstić information content (AvgIpc) is 2.41. The standard InChI is InChI=1S/C17H19FO/c1-2-3-4-5-13-6-11-16(17(18)12-13)14-7-9-15(19)10-8-14/h6-12,19H,2-5H2,1H3. The number of benzene rings is 2. The Morgan fingerprint density at radius 2 is 1.74 bits per heavy atom. The van der Waals surface area contributed by atoms with Crippen LogP contribution in [0.3, 0.4) is 0 Å². The summed E-state index contributed by atoms with van der Waals surface area (Å²) in [6.45, 7) is 2.16. The lowest BCUT2D eigenvalue weighted by atomic mass is 10.0. The van der Waals surface area contributed by atoms with Crippen LogP contribution >= 0.6 is 0 Å². The van der Waals surface area contributed by atoms with E-state index in [1.165, 1.54) is 12.8 Å². The number of phenols is 1. The summed E-state index contributed by atoms with van der Waals surface area (Å²) in [6.07, 6.45) is 4.39. The molecular weight excluding hydrogens is 239 g/mol. The average molecular weight is 258 g/mol. The van der Waals surface area contributed by atoms with Crippen molar-refractivity contribution in [1.82, 2.24) is 0 Å². The molecule has 0 fully saturated rings. The van der Waals surface area contributed by atoms with Crippen LogP contribution in [-0.4, -0.2) is 5.11 Å². The van der Waals surface area contributed by atoms with Crippen LogP contribution in [-0.2, 0) is 6.42 Å². The summed E-state index contributed by atoms with van der Waals surface area (Å²) in [5.41, 5.74) is 2.42. The van der Waals surface area contributed by atoms with Crippen LogP contribution in [0.15, 0.2) is 42.5 Å². The molecule has 0 aromatic heterocycles. The zero-order valence-electron chi connectivity index (χ0n) is 11.2. The van der Waals surface area contributed by atoms with Crippen molar-refractivity contribution in [2.45, 2.75) is 32.6 Å². The van der Waals surface area contributed by atoms with Gasteiger partial charge in [0.05, 0.1) is 0 Å². The maximum Gasteiger partial charge on any atom is 0.131 e. The van der Waals surface area contributed by atoms with Crippen LogP contribution < -0.4 is 0 Å². The molecule has 0 unspecified atom stereocenters. The first-order valence-corrected chi connectivity index (χ1v) is 6.78. The van der Waals surface area contributed by atoms with Crippen LogP contribution in [0.4, 0.5) is 4.39 Å². The predicted molar refractivity (Wildman–Crippen MR) is 76.7 cm³/mol. The van der Waals surface area contributed by atoms with E-state index in [-0.39, 0.29) is 11.6 Å². The van der Waals surface area contributed by atoms with E-state index in [0.717, 1.165) is 24.0 Å². The number of hydrogen-bond acceptors (Lipinski definition) is 1. The van der Waals surface area contributed by atoms with E-state index in [9.17, 15) is 9.50 Å². The Labute approximate surface area is 113 Å². The molecule has 19 heavy (non-hydrogen) atoms. The fourth-order valence-corrected chi connectivity index (χ4v) is 2.17. The summed E-state index contributed by atoms with van der Waals surface area (Å²) in [6, 6.07) is 12.0. The number of rotatable bonds is 5. The van der Waals surface area contributed by atoms with Crippen molar-refractivity contribution in [3.05, 3.63) is 53.8 Å². The molecule has 0 spiro atoms. The lowest BCUT2D eigenvalue weighted by Gasteiger charge is -2.07. The summed E-state index contributed by atoms with van der Waals surface area (Å²) in [5.74, 6) is 0.0000298. The van der Waals surface area contributed by atoms with Crippen LogP contribution in [0.5, 0.6) is 5.75 Å². The highest BCUT2D eigenvalue weighted by Crippen LogP contribution is 2.25. The van der Waals surface area contributed by atoms with Crippen molar-refractivity contribution in [3.63, 3.8) is 0 Å². The molecule has 0 aliphatic carbocycles. The molecule has 0 saturated carbocycles. The first-order valence-electron chi connectivity index (χ1n) is 6.78. The molecule has 2 heteroatoms. The molecule has 2 aromatic carbocycles. The van der Waals surface area contributed by atoms with Gasteiger partial charge in [-0.2, -0.15) is 0 Å². The number of halogens is 1. The van der Waals surface area contributed by atoms with E-state index in [4.69, 9.17) is 0 Å². The smallest absolute Gasteiger partial charge is 0.131 e. The van der Waals surface area contributed by atoms with Crippen molar-refractivity contribution in [2.75, 3.05) is 0 Å². The molecule has 0 amide bonds. The monoisotopic (exact) mass is 258 g/mol. The summed E-state index contributed by atoms with van der Waals surface area (Å²) < 4.78 is 14.1. The first kappa shape index (κ1) is 13.6. The Morgan fingerprint density at radius 3 is 2.37 bits per heavy atom. The van der Waals surface area contributed by atoms with Gasteiger partial charge in [0.1, 0.15) is 11.6 Å². The lowest BCUT2D eigenvalue weighted by molar-refractivity contribution is 0.475. The van der Waals surface area contributed by atoms with Gasteiger partial charge >= 0.3 is 0 Å². The van der Waals surface area contributed by atoms with Gasteiger partial charge in [-0.1, -0.05) is 44.0 Å². The predicted octanol–water partition coefficient (Wildman–Crippen LogP) is 4.93. The molecule has 1 N–H and O–H groups in total. The second-order valence-electron chi connectivity index (χ2n) is 4.82. The quantitative estimate of drug-likeness (QED) is 0.754. The maximum atomic E-state index is 14.1. The van der Waals surface area contributed by atoms with E-state index in [2.05, 4.69) is 6.92 Å². The fraction of sp³-hybridized carbons (Fsp3) is 0.294. The Balaban J connectivity index is 2.17. The topological polar surface area (TPSA) is 20.2 Å². The van der Waals surface area contributed by atoms with Crippen LogP contribution in [0, 0.1) is 5.82 Å². The van der Waals surface area contributed by atoms with Gasteiger partial charge in [0, 0.05) is 5.56 Å². The van der Waals surface area contributed by atoms with E-state index in [1.807, 2.05) is 12.1 Å². The van der Waals surface area contributed by atoms with E-state index in [0.29, 0.717) is 5.56 Å². The van der Waals surface area contributed by atoms with Gasteiger partial charge in [-0.25, -0.2) is 4.39 Å². The SMILES string of the molecule is CCCCCc1ccc(-c2ccc(O)cc2)c(F)c1. The Kier molecular flexibility index (Phi) is 4.56. The van der Waals surface area contributed by atoms with Gasteiger partial charge < -0.3 is 5.11 Å². The zero-order chi connectivity index (χ0) is 13.7. The number of phenolic OH excluding ortho intramolecular Hbond substituents is 1. The normalized spacial score (nSPS) is 10.6. The number of aromatic hydroxyl groups is 1. The fourth-order valence-electron chi connectivity index (χ4n) is 2.17. The second kappa shape index (κ2) is 6.37. The molecule has 0 aliphatic rings. The highest BCUT2D eigenvalue weighted by atomic mass is 19.1. The van der Waals surface area contributed by atoms with Crippen molar-refractivity contribution in [3.8, 4) is 16.9 Å². The molecule has 0 aliphatic heterocycles. The third-order valence-corrected chi connectivity index (χ3v) is 3.28. The molecule has 2 aromatic rings. The number of hydrogen-bond donors (Lipinski definition) is 1. The minimum absolute atomic E-state index is 0.195.